The highest BCUT2D eigenvalue weighted by atomic mass is 16.6. The van der Waals surface area contributed by atoms with E-state index < -0.39 is 17.7 Å². The van der Waals surface area contributed by atoms with Crippen LogP contribution in [0.3, 0.4) is 0 Å². The van der Waals surface area contributed by atoms with Crippen LogP contribution in [0.1, 0.15) is 36.5 Å². The number of imide groups is 1. The molecule has 1 fully saturated rings. The lowest BCUT2D eigenvalue weighted by Gasteiger charge is -2.34. The minimum Gasteiger partial charge on any atom is -0.430 e. The third kappa shape index (κ3) is 3.50. The summed E-state index contributed by atoms with van der Waals surface area (Å²) in [5.41, 5.74) is 1.80. The Bertz CT molecular complexity index is 963. The van der Waals surface area contributed by atoms with Crippen molar-refractivity contribution in [3.8, 4) is 0 Å². The molecule has 3 aromatic rings. The van der Waals surface area contributed by atoms with E-state index in [0.29, 0.717) is 12.8 Å². The Labute approximate surface area is 177 Å². The largest absolute Gasteiger partial charge is 0.430 e. The Hall–Kier alpha value is -3.40. The van der Waals surface area contributed by atoms with Gasteiger partial charge in [0.2, 0.25) is 5.91 Å². The first kappa shape index (κ1) is 19.9. The van der Waals surface area contributed by atoms with E-state index in [2.05, 4.69) is 0 Å². The van der Waals surface area contributed by atoms with Gasteiger partial charge in [-0.2, -0.15) is 0 Å². The predicted molar refractivity (Wildman–Crippen MR) is 116 cm³/mol. The molecule has 1 aliphatic heterocycles. The van der Waals surface area contributed by atoms with Crippen LogP contribution in [0.2, 0.25) is 0 Å². The third-order valence-electron chi connectivity index (χ3n) is 5.76. The van der Waals surface area contributed by atoms with Crippen molar-refractivity contribution in [1.29, 1.82) is 0 Å². The Morgan fingerprint density at radius 1 is 0.867 bits per heavy atom. The van der Waals surface area contributed by atoms with E-state index >= 15 is 0 Å². The van der Waals surface area contributed by atoms with Crippen LogP contribution in [0, 0.1) is 0 Å². The first-order valence-corrected chi connectivity index (χ1v) is 10.4. The summed E-state index contributed by atoms with van der Waals surface area (Å²) in [5.74, 6) is -0.204. The zero-order valence-electron chi connectivity index (χ0n) is 17.0. The molecule has 1 heterocycles. The Morgan fingerprint density at radius 2 is 1.37 bits per heavy atom. The fourth-order valence-electron chi connectivity index (χ4n) is 4.37. The van der Waals surface area contributed by atoms with Crippen molar-refractivity contribution >= 4 is 12.0 Å². The lowest BCUT2D eigenvalue weighted by atomic mass is 9.79. The van der Waals surface area contributed by atoms with Crippen molar-refractivity contribution in [3.05, 3.63) is 108 Å². The molecule has 0 spiro atoms. The zero-order valence-corrected chi connectivity index (χ0v) is 17.0. The molecular weight excluding hydrogens is 374 g/mol. The van der Waals surface area contributed by atoms with Gasteiger partial charge in [-0.1, -0.05) is 97.9 Å². The molecule has 2 amide bonds. The van der Waals surface area contributed by atoms with Gasteiger partial charge in [-0.15, -0.1) is 0 Å². The van der Waals surface area contributed by atoms with Crippen LogP contribution in [0.25, 0.3) is 0 Å². The molecular formula is C26H25NO3. The van der Waals surface area contributed by atoms with Crippen LogP contribution in [0.5, 0.6) is 0 Å². The van der Waals surface area contributed by atoms with E-state index in [1.54, 1.807) is 0 Å². The minimum absolute atomic E-state index is 0.204. The van der Waals surface area contributed by atoms with Gasteiger partial charge in [0.1, 0.15) is 0 Å². The Morgan fingerprint density at radius 3 is 1.87 bits per heavy atom. The SMILES string of the molecule is CCC1N(C(=O)CCc2ccccc2)C(=O)OC1(c1ccccc1)c1ccccc1. The number of aryl methyl sites for hydroxylation is 1. The van der Waals surface area contributed by atoms with Crippen molar-refractivity contribution in [2.75, 3.05) is 0 Å². The standard InChI is InChI=1S/C26H25NO3/c1-2-23-26(21-14-8-4-9-15-21,22-16-10-5-11-17-22)30-25(29)27(23)24(28)19-18-20-12-6-3-7-13-20/h3-17,23H,2,18-19H2,1H3. The maximum absolute atomic E-state index is 13.2. The molecule has 152 valence electrons. The quantitative estimate of drug-likeness (QED) is 0.564. The fourth-order valence-corrected chi connectivity index (χ4v) is 4.37. The van der Waals surface area contributed by atoms with Crippen molar-refractivity contribution < 1.29 is 14.3 Å². The molecule has 1 aliphatic rings. The van der Waals surface area contributed by atoms with Crippen LogP contribution in [-0.2, 0) is 21.6 Å². The van der Waals surface area contributed by atoms with E-state index in [1.165, 1.54) is 4.90 Å². The number of ether oxygens (including phenoxy) is 1. The molecule has 0 radical (unpaired) electrons. The summed E-state index contributed by atoms with van der Waals surface area (Å²) in [6.07, 6.45) is 0.860. The van der Waals surface area contributed by atoms with Gasteiger partial charge in [0.15, 0.2) is 5.60 Å². The molecule has 0 aromatic heterocycles. The number of rotatable bonds is 6. The number of hydrogen-bond donors (Lipinski definition) is 0. The summed E-state index contributed by atoms with van der Waals surface area (Å²) in [4.78, 5) is 27.6. The van der Waals surface area contributed by atoms with Gasteiger partial charge < -0.3 is 4.74 Å². The van der Waals surface area contributed by atoms with E-state index in [9.17, 15) is 9.59 Å². The number of cyclic esters (lactones) is 1. The summed E-state index contributed by atoms with van der Waals surface area (Å²) in [6, 6.07) is 28.8. The van der Waals surface area contributed by atoms with Crippen molar-refractivity contribution in [2.45, 2.75) is 37.8 Å². The van der Waals surface area contributed by atoms with E-state index in [-0.39, 0.29) is 12.3 Å². The highest BCUT2D eigenvalue weighted by Crippen LogP contribution is 2.46. The van der Waals surface area contributed by atoms with Gasteiger partial charge in [-0.3, -0.25) is 4.79 Å². The van der Waals surface area contributed by atoms with Crippen LogP contribution in [0.15, 0.2) is 91.0 Å². The molecule has 0 aliphatic carbocycles. The average molecular weight is 399 g/mol. The summed E-state index contributed by atoms with van der Waals surface area (Å²) in [6.45, 7) is 1.99. The molecule has 0 bridgehead atoms. The summed E-state index contributed by atoms with van der Waals surface area (Å²) in [5, 5.41) is 0. The molecule has 30 heavy (non-hydrogen) atoms. The van der Waals surface area contributed by atoms with Crippen LogP contribution in [0.4, 0.5) is 4.79 Å². The number of carbonyl (C=O) groups is 2. The van der Waals surface area contributed by atoms with Gasteiger partial charge in [0.05, 0.1) is 6.04 Å². The molecule has 4 heteroatoms. The highest BCUT2D eigenvalue weighted by Gasteiger charge is 2.57. The number of benzene rings is 3. The maximum Gasteiger partial charge on any atom is 0.418 e. The third-order valence-corrected chi connectivity index (χ3v) is 5.76. The van der Waals surface area contributed by atoms with Gasteiger partial charge in [0.25, 0.3) is 0 Å². The van der Waals surface area contributed by atoms with Crippen molar-refractivity contribution in [1.82, 2.24) is 4.90 Å². The molecule has 1 saturated heterocycles. The lowest BCUT2D eigenvalue weighted by Crippen LogP contribution is -2.46. The van der Waals surface area contributed by atoms with Gasteiger partial charge in [-0.05, 0) is 18.4 Å². The fraction of sp³-hybridized carbons (Fsp3) is 0.231. The van der Waals surface area contributed by atoms with Gasteiger partial charge in [-0.25, -0.2) is 9.69 Å². The summed E-state index contributed by atoms with van der Waals surface area (Å²) in [7, 11) is 0. The van der Waals surface area contributed by atoms with E-state index in [1.807, 2.05) is 97.9 Å². The number of amides is 2. The van der Waals surface area contributed by atoms with Crippen molar-refractivity contribution in [2.24, 2.45) is 0 Å². The van der Waals surface area contributed by atoms with Crippen LogP contribution < -0.4 is 0 Å². The molecule has 3 aromatic carbocycles. The second-order valence-corrected chi connectivity index (χ2v) is 7.51. The van der Waals surface area contributed by atoms with E-state index in [0.717, 1.165) is 16.7 Å². The number of nitrogens with zero attached hydrogens (tertiary/aromatic N) is 1. The first-order chi connectivity index (χ1) is 14.7. The average Bonchev–Trinajstić information content (AvgIpc) is 3.12. The Kier molecular flexibility index (Phi) is 5.66. The normalized spacial score (nSPS) is 17.6. The molecule has 0 saturated carbocycles. The first-order valence-electron chi connectivity index (χ1n) is 10.4. The monoisotopic (exact) mass is 399 g/mol. The molecule has 1 unspecified atom stereocenters. The van der Waals surface area contributed by atoms with Crippen LogP contribution in [-0.4, -0.2) is 22.9 Å². The second-order valence-electron chi connectivity index (χ2n) is 7.51. The second kappa shape index (κ2) is 8.54. The summed E-state index contributed by atoms with van der Waals surface area (Å²) < 4.78 is 6.08. The number of hydrogen-bond acceptors (Lipinski definition) is 3. The molecule has 1 atom stereocenters. The van der Waals surface area contributed by atoms with Crippen LogP contribution >= 0.6 is 0 Å². The topological polar surface area (TPSA) is 46.6 Å². The smallest absolute Gasteiger partial charge is 0.418 e. The maximum atomic E-state index is 13.2. The zero-order chi connectivity index (χ0) is 21.0. The van der Waals surface area contributed by atoms with Gasteiger partial charge >= 0.3 is 6.09 Å². The molecule has 4 rings (SSSR count). The Balaban J connectivity index is 1.70. The predicted octanol–water partition coefficient (Wildman–Crippen LogP) is 5.32. The minimum atomic E-state index is -1.02. The number of carbonyl (C=O) groups excluding carboxylic acids is 2. The lowest BCUT2D eigenvalue weighted by molar-refractivity contribution is -0.129. The van der Waals surface area contributed by atoms with Gasteiger partial charge in [0, 0.05) is 17.5 Å². The summed E-state index contributed by atoms with van der Waals surface area (Å²) >= 11 is 0. The van der Waals surface area contributed by atoms with E-state index in [4.69, 9.17) is 4.74 Å². The molecule has 4 nitrogen and oxygen atoms in total. The molecule has 0 N–H and O–H groups in total. The highest BCUT2D eigenvalue weighted by molar-refractivity contribution is 5.94. The van der Waals surface area contributed by atoms with Crippen molar-refractivity contribution in [3.63, 3.8) is 0 Å².